The van der Waals surface area contributed by atoms with Crippen molar-refractivity contribution in [1.29, 1.82) is 0 Å². The molecule has 1 heterocycles. The van der Waals surface area contributed by atoms with Gasteiger partial charge >= 0.3 is 12.0 Å². The van der Waals surface area contributed by atoms with Crippen LogP contribution < -0.4 is 4.74 Å². The van der Waals surface area contributed by atoms with E-state index in [2.05, 4.69) is 9.97 Å². The van der Waals surface area contributed by atoms with E-state index < -0.39 is 5.97 Å². The molecule has 0 spiro atoms. The van der Waals surface area contributed by atoms with Crippen molar-refractivity contribution >= 4 is 12.0 Å². The number of hydrogen-bond acceptors (Lipinski definition) is 4. The van der Waals surface area contributed by atoms with Crippen molar-refractivity contribution < 1.29 is 19.0 Å². The molecule has 102 valence electrons. The molecule has 0 bridgehead atoms. The third kappa shape index (κ3) is 3.61. The Hall–Kier alpha value is -2.76. The second-order valence-corrected chi connectivity index (χ2v) is 3.98. The minimum Gasteiger partial charge on any atom is -0.478 e. The number of benzene rings is 1. The van der Waals surface area contributed by atoms with Gasteiger partial charge in [0, 0.05) is 30.1 Å². The summed E-state index contributed by atoms with van der Waals surface area (Å²) in [5, 5.41) is 8.48. The molecule has 0 unspecified atom stereocenters. The summed E-state index contributed by atoms with van der Waals surface area (Å²) >= 11 is 0. The zero-order chi connectivity index (χ0) is 14.5. The average Bonchev–Trinajstić information content (AvgIpc) is 2.42. The van der Waals surface area contributed by atoms with Gasteiger partial charge in [0.25, 0.3) is 0 Å². The number of ether oxygens (including phenoxy) is 1. The first-order chi connectivity index (χ1) is 9.54. The zero-order valence-electron chi connectivity index (χ0n) is 10.6. The van der Waals surface area contributed by atoms with Crippen LogP contribution in [0.25, 0.3) is 6.08 Å². The predicted octanol–water partition coefficient (Wildman–Crippen LogP) is 2.81. The molecule has 0 aliphatic rings. The molecule has 6 heteroatoms. The smallest absolute Gasteiger partial charge is 0.328 e. The first-order valence-corrected chi connectivity index (χ1v) is 5.71. The molecule has 0 aliphatic carbocycles. The molecule has 0 saturated carbocycles. The zero-order valence-corrected chi connectivity index (χ0v) is 10.6. The minimum absolute atomic E-state index is 0.0562. The Morgan fingerprint density at radius 1 is 1.35 bits per heavy atom. The summed E-state index contributed by atoms with van der Waals surface area (Å²) in [5.74, 6) is -1.13. The highest BCUT2D eigenvalue weighted by molar-refractivity contribution is 5.85. The summed E-state index contributed by atoms with van der Waals surface area (Å²) in [6.45, 7) is 1.65. The van der Waals surface area contributed by atoms with Crippen LogP contribution in [-0.4, -0.2) is 21.0 Å². The van der Waals surface area contributed by atoms with Crippen LogP contribution in [0.5, 0.6) is 11.8 Å². The largest absolute Gasteiger partial charge is 0.478 e. The van der Waals surface area contributed by atoms with Gasteiger partial charge in [-0.3, -0.25) is 0 Å². The van der Waals surface area contributed by atoms with Gasteiger partial charge in [-0.25, -0.2) is 19.2 Å². The topological polar surface area (TPSA) is 72.3 Å². The van der Waals surface area contributed by atoms with Crippen LogP contribution in [0.1, 0.15) is 11.1 Å². The molecule has 1 N–H and O–H groups in total. The number of carboxylic acid groups (broad SMARTS) is 1. The van der Waals surface area contributed by atoms with Crippen LogP contribution in [0.4, 0.5) is 4.39 Å². The molecular formula is C14H11FN2O3. The summed E-state index contributed by atoms with van der Waals surface area (Å²) in [4.78, 5) is 18.2. The SMILES string of the molecule is Cc1ccc(Oc2ncc(/C=C/C(=O)O)cn2)cc1F. The lowest BCUT2D eigenvalue weighted by atomic mass is 10.2. The fourth-order valence-corrected chi connectivity index (χ4v) is 1.37. The lowest BCUT2D eigenvalue weighted by Gasteiger charge is -2.04. The number of carboxylic acids is 1. The van der Waals surface area contributed by atoms with Gasteiger partial charge < -0.3 is 9.84 Å². The van der Waals surface area contributed by atoms with Crippen molar-refractivity contribution in [1.82, 2.24) is 9.97 Å². The molecule has 2 rings (SSSR count). The van der Waals surface area contributed by atoms with E-state index in [4.69, 9.17) is 9.84 Å². The molecular weight excluding hydrogens is 263 g/mol. The fourth-order valence-electron chi connectivity index (χ4n) is 1.37. The van der Waals surface area contributed by atoms with Gasteiger partial charge in [0.1, 0.15) is 11.6 Å². The third-order valence-corrected chi connectivity index (χ3v) is 2.42. The molecule has 0 atom stereocenters. The molecule has 1 aromatic carbocycles. The van der Waals surface area contributed by atoms with E-state index in [0.717, 1.165) is 6.08 Å². The molecule has 0 aliphatic heterocycles. The fraction of sp³-hybridized carbons (Fsp3) is 0.0714. The monoisotopic (exact) mass is 274 g/mol. The lowest BCUT2D eigenvalue weighted by molar-refractivity contribution is -0.131. The maximum atomic E-state index is 13.3. The summed E-state index contributed by atoms with van der Waals surface area (Å²) in [7, 11) is 0. The molecule has 2 aromatic rings. The number of hydrogen-bond donors (Lipinski definition) is 1. The molecule has 0 saturated heterocycles. The van der Waals surface area contributed by atoms with Crippen molar-refractivity contribution in [3.63, 3.8) is 0 Å². The summed E-state index contributed by atoms with van der Waals surface area (Å²) in [5.41, 5.74) is 1.04. The summed E-state index contributed by atoms with van der Waals surface area (Å²) in [6.07, 6.45) is 5.16. The van der Waals surface area contributed by atoms with E-state index in [1.165, 1.54) is 24.5 Å². The van der Waals surface area contributed by atoms with Gasteiger partial charge in [0.15, 0.2) is 0 Å². The molecule has 5 nitrogen and oxygen atoms in total. The molecule has 0 radical (unpaired) electrons. The van der Waals surface area contributed by atoms with Crippen molar-refractivity contribution in [3.8, 4) is 11.8 Å². The Morgan fingerprint density at radius 3 is 2.65 bits per heavy atom. The van der Waals surface area contributed by atoms with E-state index in [0.29, 0.717) is 16.9 Å². The second-order valence-electron chi connectivity index (χ2n) is 3.98. The summed E-state index contributed by atoms with van der Waals surface area (Å²) in [6, 6.07) is 4.51. The van der Waals surface area contributed by atoms with Crippen molar-refractivity contribution in [2.75, 3.05) is 0 Å². The van der Waals surface area contributed by atoms with Crippen LogP contribution in [0.2, 0.25) is 0 Å². The minimum atomic E-state index is -1.06. The third-order valence-electron chi connectivity index (χ3n) is 2.42. The number of carbonyl (C=O) groups is 1. The Labute approximate surface area is 114 Å². The number of aromatic nitrogens is 2. The van der Waals surface area contributed by atoms with Gasteiger partial charge in [0.2, 0.25) is 0 Å². The highest BCUT2D eigenvalue weighted by Gasteiger charge is 2.03. The van der Waals surface area contributed by atoms with E-state index >= 15 is 0 Å². The van der Waals surface area contributed by atoms with Crippen molar-refractivity contribution in [3.05, 3.63) is 53.6 Å². The van der Waals surface area contributed by atoms with Gasteiger partial charge in [0.05, 0.1) is 0 Å². The van der Waals surface area contributed by atoms with Gasteiger partial charge in [-0.1, -0.05) is 6.07 Å². The Bertz CT molecular complexity index is 654. The number of aliphatic carboxylic acids is 1. The Morgan fingerprint density at radius 2 is 2.05 bits per heavy atom. The van der Waals surface area contributed by atoms with Gasteiger partial charge in [-0.2, -0.15) is 0 Å². The first-order valence-electron chi connectivity index (χ1n) is 5.71. The molecule has 0 fully saturated rings. The maximum absolute atomic E-state index is 13.3. The van der Waals surface area contributed by atoms with Crippen LogP contribution in [0.3, 0.4) is 0 Å². The molecule has 0 amide bonds. The Kier molecular flexibility index (Phi) is 4.05. The lowest BCUT2D eigenvalue weighted by Crippen LogP contribution is -1.93. The van der Waals surface area contributed by atoms with E-state index in [-0.39, 0.29) is 11.8 Å². The van der Waals surface area contributed by atoms with Crippen LogP contribution >= 0.6 is 0 Å². The van der Waals surface area contributed by atoms with E-state index in [1.54, 1.807) is 19.1 Å². The number of halogens is 1. The number of aryl methyl sites for hydroxylation is 1. The first kappa shape index (κ1) is 13.7. The Balaban J connectivity index is 2.10. The van der Waals surface area contributed by atoms with Crippen molar-refractivity contribution in [2.24, 2.45) is 0 Å². The highest BCUT2D eigenvalue weighted by Crippen LogP contribution is 2.20. The maximum Gasteiger partial charge on any atom is 0.328 e. The second kappa shape index (κ2) is 5.92. The quantitative estimate of drug-likeness (QED) is 0.868. The number of rotatable bonds is 4. The van der Waals surface area contributed by atoms with Crippen molar-refractivity contribution in [2.45, 2.75) is 6.92 Å². The standard InChI is InChI=1S/C14H11FN2O3/c1-9-2-4-11(6-12(9)15)20-14-16-7-10(8-17-14)3-5-13(18)19/h2-8H,1H3,(H,18,19)/b5-3+. The summed E-state index contributed by atoms with van der Waals surface area (Å²) < 4.78 is 18.6. The highest BCUT2D eigenvalue weighted by atomic mass is 19.1. The van der Waals surface area contributed by atoms with Crippen LogP contribution in [0.15, 0.2) is 36.7 Å². The van der Waals surface area contributed by atoms with Crippen LogP contribution in [0, 0.1) is 12.7 Å². The predicted molar refractivity (Wildman–Crippen MR) is 69.9 cm³/mol. The van der Waals surface area contributed by atoms with Gasteiger partial charge in [-0.05, 0) is 24.6 Å². The molecule has 1 aromatic heterocycles. The van der Waals surface area contributed by atoms with Gasteiger partial charge in [-0.15, -0.1) is 0 Å². The van der Waals surface area contributed by atoms with Crippen LogP contribution in [-0.2, 0) is 4.79 Å². The number of nitrogens with zero attached hydrogens (tertiary/aromatic N) is 2. The average molecular weight is 274 g/mol. The van der Waals surface area contributed by atoms with E-state index in [9.17, 15) is 9.18 Å². The molecule has 20 heavy (non-hydrogen) atoms. The normalized spacial score (nSPS) is 10.7. The van der Waals surface area contributed by atoms with E-state index in [1.807, 2.05) is 0 Å².